The van der Waals surface area contributed by atoms with Crippen LogP contribution in [-0.4, -0.2) is 9.97 Å². The van der Waals surface area contributed by atoms with Crippen molar-refractivity contribution in [3.8, 4) is 11.3 Å². The average Bonchev–Trinajstić information content (AvgIpc) is 3.01. The third-order valence-electron chi connectivity index (χ3n) is 3.48. The van der Waals surface area contributed by atoms with Crippen molar-refractivity contribution >= 4 is 0 Å². The summed E-state index contributed by atoms with van der Waals surface area (Å²) in [6.07, 6.45) is 7.16. The zero-order valence-corrected chi connectivity index (χ0v) is 9.32. The molecule has 0 amide bonds. The monoisotopic (exact) mass is 212 g/mol. The third-order valence-corrected chi connectivity index (χ3v) is 3.48. The van der Waals surface area contributed by atoms with Crippen molar-refractivity contribution in [3.63, 3.8) is 0 Å². The van der Waals surface area contributed by atoms with E-state index in [4.69, 9.17) is 0 Å². The van der Waals surface area contributed by atoms with Gasteiger partial charge in [-0.2, -0.15) is 0 Å². The maximum absolute atomic E-state index is 4.48. The summed E-state index contributed by atoms with van der Waals surface area (Å²) in [5, 5.41) is 0. The van der Waals surface area contributed by atoms with Gasteiger partial charge in [0, 0.05) is 17.2 Å². The summed E-state index contributed by atoms with van der Waals surface area (Å²) < 4.78 is 0. The fourth-order valence-corrected chi connectivity index (χ4v) is 2.66. The van der Waals surface area contributed by atoms with Crippen LogP contribution in [0.25, 0.3) is 11.3 Å². The number of hydrogen-bond donors (Lipinski definition) is 1. The molecule has 0 radical (unpaired) electrons. The summed E-state index contributed by atoms with van der Waals surface area (Å²) in [7, 11) is 0. The molecule has 0 aliphatic heterocycles. The summed E-state index contributed by atoms with van der Waals surface area (Å²) in [5.41, 5.74) is 3.71. The van der Waals surface area contributed by atoms with Gasteiger partial charge in [0.05, 0.1) is 12.0 Å². The Hall–Kier alpha value is -1.57. The largest absolute Gasteiger partial charge is 0.348 e. The van der Waals surface area contributed by atoms with E-state index >= 15 is 0 Å². The maximum Gasteiger partial charge on any atom is 0.0929 e. The second-order valence-corrected chi connectivity index (χ2v) is 4.51. The number of aromatic nitrogens is 2. The van der Waals surface area contributed by atoms with Crippen LogP contribution in [0, 0.1) is 0 Å². The Morgan fingerprint density at radius 3 is 2.56 bits per heavy atom. The lowest BCUT2D eigenvalue weighted by Gasteiger charge is -2.09. The second kappa shape index (κ2) is 4.12. The van der Waals surface area contributed by atoms with E-state index in [1.54, 1.807) is 0 Å². The van der Waals surface area contributed by atoms with Crippen LogP contribution < -0.4 is 0 Å². The lowest BCUT2D eigenvalue weighted by molar-refractivity contribution is 0.704. The van der Waals surface area contributed by atoms with Gasteiger partial charge in [-0.05, 0) is 12.8 Å². The van der Waals surface area contributed by atoms with Crippen molar-refractivity contribution in [2.24, 2.45) is 0 Å². The predicted molar refractivity (Wildman–Crippen MR) is 65.2 cm³/mol. The molecule has 0 atom stereocenters. The SMILES string of the molecule is c1ccc(-c2nc[nH]c2C2CCCC2)cc1. The third kappa shape index (κ3) is 1.64. The standard InChI is InChI=1S/C14H16N2/c1-2-6-11(7-3-1)13-14(16-10-15-13)12-8-4-5-9-12/h1-3,6-7,10,12H,4-5,8-9H2,(H,15,16). The molecule has 0 unspecified atom stereocenters. The molecule has 2 nitrogen and oxygen atoms in total. The van der Waals surface area contributed by atoms with Gasteiger partial charge in [-0.25, -0.2) is 4.98 Å². The molecule has 0 spiro atoms. The lowest BCUT2D eigenvalue weighted by Crippen LogP contribution is -1.95. The molecule has 2 aromatic rings. The van der Waals surface area contributed by atoms with Gasteiger partial charge < -0.3 is 4.98 Å². The number of hydrogen-bond acceptors (Lipinski definition) is 1. The molecule has 1 heterocycles. The summed E-state index contributed by atoms with van der Waals surface area (Å²) in [5.74, 6) is 0.692. The molecular weight excluding hydrogens is 196 g/mol. The van der Waals surface area contributed by atoms with Gasteiger partial charge in [0.2, 0.25) is 0 Å². The van der Waals surface area contributed by atoms with Crippen molar-refractivity contribution in [3.05, 3.63) is 42.4 Å². The summed E-state index contributed by atoms with van der Waals surface area (Å²) in [6.45, 7) is 0. The van der Waals surface area contributed by atoms with Crippen LogP contribution in [0.15, 0.2) is 36.7 Å². The van der Waals surface area contributed by atoms with Crippen molar-refractivity contribution in [1.29, 1.82) is 0 Å². The van der Waals surface area contributed by atoms with Crippen molar-refractivity contribution in [2.45, 2.75) is 31.6 Å². The number of imidazole rings is 1. The average molecular weight is 212 g/mol. The molecule has 1 aromatic carbocycles. The number of benzene rings is 1. The Morgan fingerprint density at radius 1 is 1.06 bits per heavy atom. The first-order valence-corrected chi connectivity index (χ1v) is 6.04. The quantitative estimate of drug-likeness (QED) is 0.807. The summed E-state index contributed by atoms with van der Waals surface area (Å²) in [6, 6.07) is 10.5. The molecule has 3 rings (SSSR count). The zero-order valence-electron chi connectivity index (χ0n) is 9.32. The predicted octanol–water partition coefficient (Wildman–Crippen LogP) is 3.73. The zero-order chi connectivity index (χ0) is 10.8. The number of aromatic amines is 1. The Kier molecular flexibility index (Phi) is 2.49. The van der Waals surface area contributed by atoms with Gasteiger partial charge in [0.25, 0.3) is 0 Å². The highest BCUT2D eigenvalue weighted by atomic mass is 14.9. The molecule has 82 valence electrons. The molecule has 2 heteroatoms. The van der Waals surface area contributed by atoms with Crippen LogP contribution in [0.5, 0.6) is 0 Å². The number of H-pyrrole nitrogens is 1. The van der Waals surface area contributed by atoms with E-state index in [9.17, 15) is 0 Å². The van der Waals surface area contributed by atoms with Gasteiger partial charge in [0.15, 0.2) is 0 Å². The molecule has 1 aliphatic rings. The van der Waals surface area contributed by atoms with Crippen molar-refractivity contribution in [1.82, 2.24) is 9.97 Å². The Morgan fingerprint density at radius 2 is 1.81 bits per heavy atom. The highest BCUT2D eigenvalue weighted by molar-refractivity contribution is 5.62. The van der Waals surface area contributed by atoms with E-state index in [0.29, 0.717) is 5.92 Å². The Labute approximate surface area is 95.7 Å². The summed E-state index contributed by atoms with van der Waals surface area (Å²) in [4.78, 5) is 7.81. The molecule has 1 N–H and O–H groups in total. The minimum Gasteiger partial charge on any atom is -0.348 e. The maximum atomic E-state index is 4.48. The van der Waals surface area contributed by atoms with Gasteiger partial charge in [-0.3, -0.25) is 0 Å². The number of nitrogens with zero attached hydrogens (tertiary/aromatic N) is 1. The minimum absolute atomic E-state index is 0.692. The van der Waals surface area contributed by atoms with E-state index in [0.717, 1.165) is 5.69 Å². The van der Waals surface area contributed by atoms with E-state index in [-0.39, 0.29) is 0 Å². The lowest BCUT2D eigenvalue weighted by atomic mass is 9.99. The highest BCUT2D eigenvalue weighted by Crippen LogP contribution is 2.37. The molecule has 1 saturated carbocycles. The first kappa shape index (κ1) is 9.64. The van der Waals surface area contributed by atoms with Gasteiger partial charge in [-0.15, -0.1) is 0 Å². The van der Waals surface area contributed by atoms with Crippen LogP contribution in [0.1, 0.15) is 37.3 Å². The molecule has 1 aliphatic carbocycles. The van der Waals surface area contributed by atoms with Crippen LogP contribution in [0.4, 0.5) is 0 Å². The smallest absolute Gasteiger partial charge is 0.0929 e. The van der Waals surface area contributed by atoms with Gasteiger partial charge in [0.1, 0.15) is 0 Å². The number of nitrogens with one attached hydrogen (secondary N) is 1. The van der Waals surface area contributed by atoms with Crippen LogP contribution in [0.3, 0.4) is 0 Å². The van der Waals surface area contributed by atoms with E-state index in [1.165, 1.54) is 36.9 Å². The molecular formula is C14H16N2. The van der Waals surface area contributed by atoms with Crippen LogP contribution in [-0.2, 0) is 0 Å². The fourth-order valence-electron chi connectivity index (χ4n) is 2.66. The molecule has 1 aromatic heterocycles. The van der Waals surface area contributed by atoms with E-state index in [1.807, 2.05) is 12.4 Å². The summed E-state index contributed by atoms with van der Waals surface area (Å²) >= 11 is 0. The normalized spacial score (nSPS) is 16.8. The first-order chi connectivity index (χ1) is 7.95. The van der Waals surface area contributed by atoms with Crippen LogP contribution in [0.2, 0.25) is 0 Å². The number of rotatable bonds is 2. The van der Waals surface area contributed by atoms with Gasteiger partial charge in [-0.1, -0.05) is 43.2 Å². The highest BCUT2D eigenvalue weighted by Gasteiger charge is 2.22. The van der Waals surface area contributed by atoms with E-state index < -0.39 is 0 Å². The topological polar surface area (TPSA) is 28.7 Å². The van der Waals surface area contributed by atoms with Crippen molar-refractivity contribution in [2.75, 3.05) is 0 Å². The molecule has 1 fully saturated rings. The fraction of sp³-hybridized carbons (Fsp3) is 0.357. The molecule has 0 bridgehead atoms. The minimum atomic E-state index is 0.692. The molecule has 16 heavy (non-hydrogen) atoms. The Bertz CT molecular complexity index is 453. The van der Waals surface area contributed by atoms with Crippen LogP contribution >= 0.6 is 0 Å². The Balaban J connectivity index is 1.99. The van der Waals surface area contributed by atoms with E-state index in [2.05, 4.69) is 34.2 Å². The van der Waals surface area contributed by atoms with Crippen molar-refractivity contribution < 1.29 is 0 Å². The second-order valence-electron chi connectivity index (χ2n) is 4.51. The first-order valence-electron chi connectivity index (χ1n) is 6.04. The molecule has 0 saturated heterocycles. The van der Waals surface area contributed by atoms with Gasteiger partial charge >= 0.3 is 0 Å².